The molecule has 0 spiro atoms. The third kappa shape index (κ3) is 16.0. The van der Waals surface area contributed by atoms with Crippen molar-refractivity contribution in [1.29, 1.82) is 0 Å². The molecule has 218 valence electrons. The highest BCUT2D eigenvalue weighted by atomic mass is 16.4. The Morgan fingerprint density at radius 2 is 1.35 bits per heavy atom. The molecule has 1 atom stereocenters. The number of urea groups is 1. The molecule has 3 amide bonds. The van der Waals surface area contributed by atoms with Crippen molar-refractivity contribution in [1.82, 2.24) is 10.6 Å². The molecular formula is C32H45N3O5. The molecule has 8 nitrogen and oxygen atoms in total. The number of aromatic carboxylic acids is 1. The van der Waals surface area contributed by atoms with E-state index in [0.717, 1.165) is 51.4 Å². The van der Waals surface area contributed by atoms with Gasteiger partial charge in [0.1, 0.15) is 11.3 Å². The Bertz CT molecular complexity index is 1060. The molecule has 1 rings (SSSR count). The summed E-state index contributed by atoms with van der Waals surface area (Å²) in [6, 6.07) is 3.22. The maximum absolute atomic E-state index is 12.5. The summed E-state index contributed by atoms with van der Waals surface area (Å²) in [4.78, 5) is 35.6. The molecule has 40 heavy (non-hydrogen) atoms. The largest absolute Gasteiger partial charge is 0.507 e. The molecule has 0 aliphatic heterocycles. The second kappa shape index (κ2) is 21.8. The number of hydrogen-bond donors (Lipinski definition) is 5. The van der Waals surface area contributed by atoms with Crippen LogP contribution in [0, 0.1) is 5.92 Å². The van der Waals surface area contributed by atoms with E-state index in [1.54, 1.807) is 0 Å². The number of amides is 3. The molecule has 0 aliphatic rings. The summed E-state index contributed by atoms with van der Waals surface area (Å²) in [6.07, 6.45) is 28.8. The van der Waals surface area contributed by atoms with Crippen LogP contribution >= 0.6 is 0 Å². The molecule has 0 heterocycles. The number of carbonyl (C=O) groups excluding carboxylic acids is 2. The van der Waals surface area contributed by atoms with Gasteiger partial charge in [-0.2, -0.15) is 0 Å². The number of carboxylic acid groups (broad SMARTS) is 1. The fraction of sp³-hybridized carbons (Fsp3) is 0.406. The van der Waals surface area contributed by atoms with Crippen molar-refractivity contribution in [2.45, 2.75) is 65.2 Å². The van der Waals surface area contributed by atoms with E-state index in [0.29, 0.717) is 0 Å². The zero-order valence-corrected chi connectivity index (χ0v) is 23.8. The second-order valence-corrected chi connectivity index (χ2v) is 9.10. The van der Waals surface area contributed by atoms with Crippen LogP contribution in [0.3, 0.4) is 0 Å². The van der Waals surface area contributed by atoms with Crippen molar-refractivity contribution in [3.63, 3.8) is 0 Å². The fourth-order valence-electron chi connectivity index (χ4n) is 3.65. The van der Waals surface area contributed by atoms with E-state index < -0.39 is 12.0 Å². The van der Waals surface area contributed by atoms with Gasteiger partial charge >= 0.3 is 12.0 Å². The highest BCUT2D eigenvalue weighted by molar-refractivity contribution is 5.95. The summed E-state index contributed by atoms with van der Waals surface area (Å²) < 4.78 is 0. The average molecular weight is 552 g/mol. The van der Waals surface area contributed by atoms with Gasteiger partial charge in [0.25, 0.3) is 0 Å². The predicted molar refractivity (Wildman–Crippen MR) is 163 cm³/mol. The lowest BCUT2D eigenvalue weighted by Crippen LogP contribution is -2.38. The molecule has 0 saturated carbocycles. The molecule has 1 aromatic carbocycles. The number of benzene rings is 1. The number of phenols is 1. The monoisotopic (exact) mass is 551 g/mol. The molecular weight excluding hydrogens is 506 g/mol. The Labute approximate surface area is 238 Å². The van der Waals surface area contributed by atoms with E-state index in [2.05, 4.69) is 83.6 Å². The van der Waals surface area contributed by atoms with E-state index in [1.807, 2.05) is 6.92 Å². The zero-order chi connectivity index (χ0) is 29.4. The van der Waals surface area contributed by atoms with Gasteiger partial charge in [-0.25, -0.2) is 9.59 Å². The van der Waals surface area contributed by atoms with E-state index in [4.69, 9.17) is 5.11 Å². The fourth-order valence-corrected chi connectivity index (χ4v) is 3.65. The van der Waals surface area contributed by atoms with E-state index >= 15 is 0 Å². The van der Waals surface area contributed by atoms with Crippen molar-refractivity contribution >= 4 is 23.6 Å². The highest BCUT2D eigenvalue weighted by Gasteiger charge is 2.15. The maximum Gasteiger partial charge on any atom is 0.339 e. The van der Waals surface area contributed by atoms with Crippen LogP contribution in [0.2, 0.25) is 0 Å². The van der Waals surface area contributed by atoms with Crippen LogP contribution in [0.4, 0.5) is 10.5 Å². The lowest BCUT2D eigenvalue weighted by atomic mass is 9.99. The first kappa shape index (κ1) is 34.0. The SMILES string of the molecule is CCC=CCC=CCC=CCC=CCC=CCCC(CC)C(=O)NCCNC(=O)Nc1ccc(O)c(C(=O)O)c1. The summed E-state index contributed by atoms with van der Waals surface area (Å²) in [6.45, 7) is 4.61. The number of aromatic hydroxyl groups is 1. The molecule has 0 saturated heterocycles. The van der Waals surface area contributed by atoms with Crippen LogP contribution in [0.1, 0.15) is 75.6 Å². The topological polar surface area (TPSA) is 128 Å². The molecule has 0 aromatic heterocycles. The number of carbonyl (C=O) groups is 3. The number of carboxylic acids is 1. The van der Waals surface area contributed by atoms with Gasteiger partial charge in [-0.3, -0.25) is 4.79 Å². The van der Waals surface area contributed by atoms with Crippen molar-refractivity contribution in [3.8, 4) is 5.75 Å². The van der Waals surface area contributed by atoms with Gasteiger partial charge in [0.05, 0.1) is 0 Å². The van der Waals surface area contributed by atoms with Crippen LogP contribution < -0.4 is 16.0 Å². The van der Waals surface area contributed by atoms with Crippen molar-refractivity contribution in [3.05, 3.63) is 84.5 Å². The Morgan fingerprint density at radius 3 is 1.90 bits per heavy atom. The number of hydrogen-bond acceptors (Lipinski definition) is 4. The summed E-state index contributed by atoms with van der Waals surface area (Å²) in [5, 5.41) is 26.5. The third-order valence-electron chi connectivity index (χ3n) is 5.90. The minimum atomic E-state index is -1.30. The van der Waals surface area contributed by atoms with Crippen molar-refractivity contribution in [2.24, 2.45) is 5.92 Å². The van der Waals surface area contributed by atoms with Gasteiger partial charge in [0.15, 0.2) is 0 Å². The maximum atomic E-state index is 12.5. The van der Waals surface area contributed by atoms with Crippen LogP contribution in [-0.2, 0) is 4.79 Å². The average Bonchev–Trinajstić information content (AvgIpc) is 2.93. The summed E-state index contributed by atoms with van der Waals surface area (Å²) in [5.41, 5.74) is -0.0712. The Kier molecular flexibility index (Phi) is 18.5. The molecule has 0 radical (unpaired) electrons. The smallest absolute Gasteiger partial charge is 0.339 e. The first-order chi connectivity index (χ1) is 19.4. The standard InChI is InChI=1S/C32H45N3O5/c1-3-5-6-7-8-9-10-11-12-13-14-15-16-17-18-19-20-26(4-2)30(37)33-23-24-34-32(40)35-27-21-22-29(36)28(25-27)31(38)39/h5-6,8-9,11-12,14-15,17-18,21-22,25-26,36H,3-4,7,10,13,16,19-20,23-24H2,1-2H3,(H,33,37)(H,38,39)(H2,34,35,40). The van der Waals surface area contributed by atoms with Gasteiger partial charge in [-0.15, -0.1) is 0 Å². The van der Waals surface area contributed by atoms with E-state index in [-0.39, 0.29) is 41.9 Å². The number of rotatable bonds is 19. The summed E-state index contributed by atoms with van der Waals surface area (Å²) in [5.74, 6) is -1.81. The first-order valence-corrected chi connectivity index (χ1v) is 14.0. The Balaban J connectivity index is 2.18. The molecule has 8 heteroatoms. The third-order valence-corrected chi connectivity index (χ3v) is 5.90. The number of anilines is 1. The van der Waals surface area contributed by atoms with E-state index in [1.165, 1.54) is 18.2 Å². The van der Waals surface area contributed by atoms with Crippen LogP contribution in [0.15, 0.2) is 79.0 Å². The Morgan fingerprint density at radius 1 is 0.800 bits per heavy atom. The predicted octanol–water partition coefficient (Wildman–Crippen LogP) is 6.89. The molecule has 1 unspecified atom stereocenters. The zero-order valence-electron chi connectivity index (χ0n) is 23.8. The van der Waals surface area contributed by atoms with Gasteiger partial charge in [0, 0.05) is 24.7 Å². The summed E-state index contributed by atoms with van der Waals surface area (Å²) in [7, 11) is 0. The first-order valence-electron chi connectivity index (χ1n) is 14.0. The lowest BCUT2D eigenvalue weighted by molar-refractivity contribution is -0.125. The van der Waals surface area contributed by atoms with Gasteiger partial charge < -0.3 is 26.2 Å². The second-order valence-electron chi connectivity index (χ2n) is 9.10. The van der Waals surface area contributed by atoms with Crippen LogP contribution in [0.25, 0.3) is 0 Å². The van der Waals surface area contributed by atoms with Gasteiger partial charge in [-0.1, -0.05) is 74.6 Å². The Hall–Kier alpha value is -4.07. The van der Waals surface area contributed by atoms with E-state index in [9.17, 15) is 19.5 Å². The van der Waals surface area contributed by atoms with Crippen molar-refractivity contribution in [2.75, 3.05) is 18.4 Å². The molecule has 0 aliphatic carbocycles. The van der Waals surface area contributed by atoms with Crippen LogP contribution in [0.5, 0.6) is 5.75 Å². The minimum Gasteiger partial charge on any atom is -0.507 e. The lowest BCUT2D eigenvalue weighted by Gasteiger charge is -2.14. The number of allylic oxidation sites excluding steroid dienone is 10. The van der Waals surface area contributed by atoms with Crippen molar-refractivity contribution < 1.29 is 24.6 Å². The molecule has 0 bridgehead atoms. The quantitative estimate of drug-likeness (QED) is 0.0727. The van der Waals surface area contributed by atoms with Crippen LogP contribution in [-0.4, -0.2) is 41.2 Å². The summed E-state index contributed by atoms with van der Waals surface area (Å²) >= 11 is 0. The highest BCUT2D eigenvalue weighted by Crippen LogP contribution is 2.21. The molecule has 5 N–H and O–H groups in total. The number of nitrogens with one attached hydrogen (secondary N) is 3. The molecule has 1 aromatic rings. The van der Waals surface area contributed by atoms with Gasteiger partial charge in [0.2, 0.25) is 5.91 Å². The minimum absolute atomic E-state index is 0.0401. The normalized spacial score (nSPS) is 12.7. The molecule has 0 fully saturated rings. The van der Waals surface area contributed by atoms with Gasteiger partial charge in [-0.05, 0) is 69.6 Å².